The Kier molecular flexibility index (Phi) is 4.99. The van der Waals surface area contributed by atoms with Crippen LogP contribution in [0.25, 0.3) is 0 Å². The molecule has 102 valence electrons. The third-order valence-corrected chi connectivity index (χ3v) is 2.94. The fourth-order valence-electron chi connectivity index (χ4n) is 1.51. The zero-order chi connectivity index (χ0) is 13.7. The van der Waals surface area contributed by atoms with Gasteiger partial charge in [0, 0.05) is 11.0 Å². The number of ether oxygens (including phenoxy) is 1. The number of aromatic nitrogens is 1. The second kappa shape index (κ2) is 6.73. The van der Waals surface area contributed by atoms with Gasteiger partial charge >= 0.3 is 6.08 Å². The van der Waals surface area contributed by atoms with Crippen LogP contribution in [-0.2, 0) is 6.54 Å². The zero-order valence-corrected chi connectivity index (χ0v) is 12.6. The van der Waals surface area contributed by atoms with Crippen LogP contribution in [0.15, 0.2) is 39.4 Å². The number of nitrogens with zero attached hydrogens (tertiary/aromatic N) is 1. The Morgan fingerprint density at radius 1 is 1.32 bits per heavy atom. The Labute approximate surface area is 121 Å². The molecule has 4 nitrogen and oxygen atoms in total. The Balaban J connectivity index is 1.88. The molecule has 1 aromatic carbocycles. The molecular weight excluding hydrogens is 308 g/mol. The molecule has 0 saturated carbocycles. The smallest absolute Gasteiger partial charge is 0.399 e. The highest BCUT2D eigenvalue weighted by Gasteiger charge is 2.06. The van der Waals surface area contributed by atoms with Gasteiger partial charge in [-0.05, 0) is 36.7 Å². The van der Waals surface area contributed by atoms with Crippen LogP contribution in [0.3, 0.4) is 0 Å². The minimum atomic E-state index is 0.267. The first-order valence-corrected chi connectivity index (χ1v) is 7.01. The lowest BCUT2D eigenvalue weighted by Crippen LogP contribution is -2.19. The van der Waals surface area contributed by atoms with Gasteiger partial charge in [0.2, 0.25) is 0 Å². The number of nitrogens with one attached hydrogen (secondary N) is 1. The van der Waals surface area contributed by atoms with Crippen LogP contribution in [-0.4, -0.2) is 11.5 Å². The summed E-state index contributed by atoms with van der Waals surface area (Å²) >= 11 is 3.37. The predicted octanol–water partition coefficient (Wildman–Crippen LogP) is 3.98. The summed E-state index contributed by atoms with van der Waals surface area (Å²) in [5.74, 6) is 1.32. The number of rotatable bonds is 6. The van der Waals surface area contributed by atoms with Crippen molar-refractivity contribution >= 4 is 15.9 Å². The van der Waals surface area contributed by atoms with Gasteiger partial charge in [-0.2, -0.15) is 4.98 Å². The molecule has 0 aliphatic carbocycles. The molecule has 0 radical (unpaired) electrons. The molecule has 0 aliphatic heterocycles. The summed E-state index contributed by atoms with van der Waals surface area (Å²) in [7, 11) is 0. The van der Waals surface area contributed by atoms with Crippen LogP contribution in [0.2, 0.25) is 0 Å². The molecule has 0 bridgehead atoms. The monoisotopic (exact) mass is 324 g/mol. The molecule has 2 rings (SSSR count). The van der Waals surface area contributed by atoms with E-state index in [1.165, 1.54) is 0 Å². The third kappa shape index (κ3) is 4.69. The molecule has 1 heterocycles. The molecule has 0 spiro atoms. The van der Waals surface area contributed by atoms with E-state index in [9.17, 15) is 0 Å². The number of benzene rings is 1. The summed E-state index contributed by atoms with van der Waals surface area (Å²) in [6.07, 6.45) is 1.88. The van der Waals surface area contributed by atoms with Crippen molar-refractivity contribution in [3.05, 3.63) is 40.7 Å². The van der Waals surface area contributed by atoms with Crippen molar-refractivity contribution in [3.63, 3.8) is 0 Å². The summed E-state index contributed by atoms with van der Waals surface area (Å²) < 4.78 is 11.8. The second-order valence-electron chi connectivity index (χ2n) is 4.69. The van der Waals surface area contributed by atoms with E-state index in [0.29, 0.717) is 18.2 Å². The van der Waals surface area contributed by atoms with Crippen molar-refractivity contribution in [1.82, 2.24) is 10.3 Å². The zero-order valence-electron chi connectivity index (χ0n) is 11.0. The molecule has 0 atom stereocenters. The Hall–Kier alpha value is -1.33. The van der Waals surface area contributed by atoms with Gasteiger partial charge in [-0.1, -0.05) is 29.8 Å². The molecule has 0 unspecified atom stereocenters. The van der Waals surface area contributed by atoms with Crippen molar-refractivity contribution in [1.29, 1.82) is 0 Å². The summed E-state index contributed by atoms with van der Waals surface area (Å²) in [6, 6.07) is 7.52. The third-order valence-electron chi connectivity index (χ3n) is 2.41. The van der Waals surface area contributed by atoms with Crippen LogP contribution in [0.4, 0.5) is 0 Å². The van der Waals surface area contributed by atoms with Gasteiger partial charge in [0.05, 0.1) is 5.69 Å². The van der Waals surface area contributed by atoms with Gasteiger partial charge in [-0.15, -0.1) is 0 Å². The summed E-state index contributed by atoms with van der Waals surface area (Å²) in [5.41, 5.74) is 0.841. The van der Waals surface area contributed by atoms with Crippen molar-refractivity contribution in [3.8, 4) is 11.8 Å². The molecule has 0 saturated heterocycles. The molecule has 1 aromatic heterocycles. The Bertz CT molecular complexity index is 508. The number of oxazole rings is 1. The van der Waals surface area contributed by atoms with Crippen LogP contribution in [0.5, 0.6) is 11.8 Å². The van der Waals surface area contributed by atoms with Crippen molar-refractivity contribution in [2.45, 2.75) is 20.4 Å². The first-order chi connectivity index (χ1) is 9.13. The van der Waals surface area contributed by atoms with E-state index < -0.39 is 0 Å². The molecule has 1 N–H and O–H groups in total. The van der Waals surface area contributed by atoms with Gasteiger partial charge < -0.3 is 14.5 Å². The number of halogens is 1. The summed E-state index contributed by atoms with van der Waals surface area (Å²) in [4.78, 5) is 4.26. The van der Waals surface area contributed by atoms with Gasteiger partial charge in [0.15, 0.2) is 0 Å². The quantitative estimate of drug-likeness (QED) is 0.873. The largest absolute Gasteiger partial charge is 0.417 e. The lowest BCUT2D eigenvalue weighted by molar-refractivity contribution is 0.330. The summed E-state index contributed by atoms with van der Waals surface area (Å²) in [5, 5.41) is 3.30. The summed E-state index contributed by atoms with van der Waals surface area (Å²) in [6.45, 7) is 5.97. The van der Waals surface area contributed by atoms with Crippen molar-refractivity contribution in [2.24, 2.45) is 5.92 Å². The highest BCUT2D eigenvalue weighted by molar-refractivity contribution is 9.10. The Morgan fingerprint density at radius 2 is 2.05 bits per heavy atom. The second-order valence-corrected chi connectivity index (χ2v) is 5.60. The topological polar surface area (TPSA) is 47.3 Å². The van der Waals surface area contributed by atoms with E-state index >= 15 is 0 Å². The van der Waals surface area contributed by atoms with E-state index in [1.807, 2.05) is 24.3 Å². The standard InChI is InChI=1S/C14H17BrN2O2/c1-10(2)7-16-8-12-9-18-14(17-12)19-13-5-3-11(15)4-6-13/h3-6,9-10,16H,7-8H2,1-2H3. The highest BCUT2D eigenvalue weighted by atomic mass is 79.9. The molecular formula is C14H17BrN2O2. The maximum Gasteiger partial charge on any atom is 0.399 e. The predicted molar refractivity (Wildman–Crippen MR) is 77.3 cm³/mol. The van der Waals surface area contributed by atoms with E-state index in [4.69, 9.17) is 9.15 Å². The SMILES string of the molecule is CC(C)CNCc1coc(Oc2ccc(Br)cc2)n1. The minimum Gasteiger partial charge on any atom is -0.417 e. The van der Waals surface area contributed by atoms with E-state index in [0.717, 1.165) is 16.7 Å². The van der Waals surface area contributed by atoms with Gasteiger partial charge in [-0.25, -0.2) is 0 Å². The average molecular weight is 325 g/mol. The fraction of sp³-hybridized carbons (Fsp3) is 0.357. The van der Waals surface area contributed by atoms with Gasteiger partial charge in [-0.3, -0.25) is 0 Å². The average Bonchev–Trinajstić information content (AvgIpc) is 2.79. The van der Waals surface area contributed by atoms with E-state index in [-0.39, 0.29) is 6.08 Å². The molecule has 5 heteroatoms. The van der Waals surface area contributed by atoms with Crippen LogP contribution in [0, 0.1) is 5.92 Å². The molecule has 2 aromatic rings. The van der Waals surface area contributed by atoms with Gasteiger partial charge in [0.25, 0.3) is 0 Å². The lowest BCUT2D eigenvalue weighted by Gasteiger charge is -2.04. The van der Waals surface area contributed by atoms with Gasteiger partial charge in [0.1, 0.15) is 12.0 Å². The normalized spacial score (nSPS) is 10.9. The van der Waals surface area contributed by atoms with Crippen molar-refractivity contribution < 1.29 is 9.15 Å². The molecule has 0 aliphatic rings. The maximum atomic E-state index is 5.52. The lowest BCUT2D eigenvalue weighted by atomic mass is 10.2. The molecule has 0 amide bonds. The van der Waals surface area contributed by atoms with Crippen LogP contribution < -0.4 is 10.1 Å². The number of hydrogen-bond donors (Lipinski definition) is 1. The molecule has 0 fully saturated rings. The van der Waals surface area contributed by atoms with Crippen LogP contribution >= 0.6 is 15.9 Å². The van der Waals surface area contributed by atoms with Crippen LogP contribution in [0.1, 0.15) is 19.5 Å². The van der Waals surface area contributed by atoms with E-state index in [1.54, 1.807) is 6.26 Å². The van der Waals surface area contributed by atoms with Crippen molar-refractivity contribution in [2.75, 3.05) is 6.54 Å². The molecule has 19 heavy (non-hydrogen) atoms. The fourth-order valence-corrected chi connectivity index (χ4v) is 1.77. The highest BCUT2D eigenvalue weighted by Crippen LogP contribution is 2.22. The van der Waals surface area contributed by atoms with E-state index in [2.05, 4.69) is 40.1 Å². The Morgan fingerprint density at radius 3 is 2.74 bits per heavy atom. The maximum absolute atomic E-state index is 5.52. The number of hydrogen-bond acceptors (Lipinski definition) is 4. The first-order valence-electron chi connectivity index (χ1n) is 6.22. The first kappa shape index (κ1) is 14.1. The minimum absolute atomic E-state index is 0.267.